The van der Waals surface area contributed by atoms with Gasteiger partial charge in [0.05, 0.1) is 17.7 Å². The molecule has 2 aromatic rings. The molecule has 0 spiro atoms. The highest BCUT2D eigenvalue weighted by atomic mass is 35.5. The fourth-order valence-electron chi connectivity index (χ4n) is 2.72. The van der Waals surface area contributed by atoms with Crippen molar-refractivity contribution in [1.29, 1.82) is 0 Å². The Labute approximate surface area is 155 Å². The van der Waals surface area contributed by atoms with Gasteiger partial charge in [0.15, 0.2) is 0 Å². The molecule has 0 bridgehead atoms. The molecule has 0 radical (unpaired) electrons. The molecule has 3 rings (SSSR count). The van der Waals surface area contributed by atoms with Gasteiger partial charge in [-0.25, -0.2) is 9.69 Å². The Hall–Kier alpha value is -2.86. The van der Waals surface area contributed by atoms with Gasteiger partial charge >= 0.3 is 5.97 Å². The van der Waals surface area contributed by atoms with E-state index in [1.54, 1.807) is 19.1 Å². The van der Waals surface area contributed by atoms with Crippen LogP contribution in [0.1, 0.15) is 33.2 Å². The summed E-state index contributed by atoms with van der Waals surface area (Å²) in [5, 5.41) is 3.26. The van der Waals surface area contributed by atoms with Crippen molar-refractivity contribution in [2.24, 2.45) is 0 Å². The van der Waals surface area contributed by atoms with Crippen LogP contribution >= 0.6 is 11.6 Å². The van der Waals surface area contributed by atoms with E-state index in [1.807, 2.05) is 19.1 Å². The first kappa shape index (κ1) is 17.9. The summed E-state index contributed by atoms with van der Waals surface area (Å²) >= 11 is 5.93. The molecule has 0 fully saturated rings. The van der Waals surface area contributed by atoms with E-state index in [0.717, 1.165) is 10.5 Å². The average molecular weight is 373 g/mol. The van der Waals surface area contributed by atoms with Gasteiger partial charge in [0, 0.05) is 10.7 Å². The third kappa shape index (κ3) is 3.28. The highest BCUT2D eigenvalue weighted by Gasteiger charge is 2.43. The number of amides is 2. The number of hydrogen-bond donors (Lipinski definition) is 1. The summed E-state index contributed by atoms with van der Waals surface area (Å²) < 4.78 is 5.06. The SMILES string of the molecule is CCOC(=O)C(Nc1ccc(C)cc1)N1C(=O)c2ccc(Cl)cc2C1=O. The van der Waals surface area contributed by atoms with Crippen molar-refractivity contribution in [3.63, 3.8) is 0 Å². The number of anilines is 1. The van der Waals surface area contributed by atoms with Crippen LogP contribution in [0.15, 0.2) is 42.5 Å². The van der Waals surface area contributed by atoms with Crippen molar-refractivity contribution in [1.82, 2.24) is 4.90 Å². The second kappa shape index (κ2) is 7.17. The molecule has 7 heteroatoms. The Morgan fingerprint density at radius 2 is 1.77 bits per heavy atom. The Morgan fingerprint density at radius 1 is 1.12 bits per heavy atom. The zero-order chi connectivity index (χ0) is 18.8. The van der Waals surface area contributed by atoms with E-state index >= 15 is 0 Å². The molecule has 1 atom stereocenters. The lowest BCUT2D eigenvalue weighted by Gasteiger charge is -2.26. The zero-order valence-corrected chi connectivity index (χ0v) is 15.0. The Morgan fingerprint density at radius 3 is 2.42 bits per heavy atom. The van der Waals surface area contributed by atoms with Gasteiger partial charge < -0.3 is 10.1 Å². The average Bonchev–Trinajstić information content (AvgIpc) is 2.85. The lowest BCUT2D eigenvalue weighted by molar-refractivity contribution is -0.146. The number of benzene rings is 2. The number of nitrogens with zero attached hydrogens (tertiary/aromatic N) is 1. The van der Waals surface area contributed by atoms with Crippen molar-refractivity contribution in [3.8, 4) is 0 Å². The molecule has 0 aromatic heterocycles. The van der Waals surface area contributed by atoms with Crippen LogP contribution in [-0.4, -0.2) is 35.5 Å². The number of hydrogen-bond acceptors (Lipinski definition) is 5. The van der Waals surface area contributed by atoms with Crippen LogP contribution in [0.5, 0.6) is 0 Å². The van der Waals surface area contributed by atoms with Crippen molar-refractivity contribution >= 4 is 35.1 Å². The number of aryl methyl sites for hydroxylation is 1. The largest absolute Gasteiger partial charge is 0.463 e. The van der Waals surface area contributed by atoms with Crippen LogP contribution in [-0.2, 0) is 9.53 Å². The summed E-state index contributed by atoms with van der Waals surface area (Å²) in [7, 11) is 0. The molecule has 134 valence electrons. The molecule has 2 amide bonds. The minimum Gasteiger partial charge on any atom is -0.463 e. The van der Waals surface area contributed by atoms with Gasteiger partial charge in [-0.05, 0) is 44.2 Å². The third-order valence-corrected chi connectivity index (χ3v) is 4.24. The number of nitrogens with one attached hydrogen (secondary N) is 1. The number of rotatable bonds is 5. The number of carbonyl (C=O) groups excluding carboxylic acids is 3. The summed E-state index contributed by atoms with van der Waals surface area (Å²) in [6, 6.07) is 11.7. The predicted octanol–water partition coefficient (Wildman–Crippen LogP) is 3.25. The first-order valence-electron chi connectivity index (χ1n) is 8.09. The summed E-state index contributed by atoms with van der Waals surface area (Å²) in [6.45, 7) is 3.71. The number of fused-ring (bicyclic) bond motifs is 1. The van der Waals surface area contributed by atoms with Gasteiger partial charge in [0.25, 0.3) is 11.8 Å². The summed E-state index contributed by atoms with van der Waals surface area (Å²) in [6.07, 6.45) is -1.27. The monoisotopic (exact) mass is 372 g/mol. The van der Waals surface area contributed by atoms with Crippen LogP contribution in [0.4, 0.5) is 5.69 Å². The highest BCUT2D eigenvalue weighted by Crippen LogP contribution is 2.28. The normalized spacial score (nSPS) is 14.2. The van der Waals surface area contributed by atoms with Gasteiger partial charge in [-0.15, -0.1) is 0 Å². The first-order chi connectivity index (χ1) is 12.4. The predicted molar refractivity (Wildman–Crippen MR) is 97.2 cm³/mol. The number of esters is 1. The van der Waals surface area contributed by atoms with Crippen molar-refractivity contribution in [2.45, 2.75) is 20.0 Å². The second-order valence-electron chi connectivity index (χ2n) is 5.84. The van der Waals surface area contributed by atoms with E-state index in [9.17, 15) is 14.4 Å². The van der Waals surface area contributed by atoms with Crippen LogP contribution < -0.4 is 5.32 Å². The van der Waals surface area contributed by atoms with Gasteiger partial charge in [0.1, 0.15) is 0 Å². The van der Waals surface area contributed by atoms with Crippen molar-refractivity contribution in [2.75, 3.05) is 11.9 Å². The molecule has 26 heavy (non-hydrogen) atoms. The molecule has 1 N–H and O–H groups in total. The minimum atomic E-state index is -1.27. The molecule has 0 saturated heterocycles. The maximum Gasteiger partial charge on any atom is 0.350 e. The quantitative estimate of drug-likeness (QED) is 0.644. The van der Waals surface area contributed by atoms with E-state index in [1.165, 1.54) is 18.2 Å². The fourth-order valence-corrected chi connectivity index (χ4v) is 2.90. The lowest BCUT2D eigenvalue weighted by atomic mass is 10.1. The summed E-state index contributed by atoms with van der Waals surface area (Å²) in [4.78, 5) is 38.8. The first-order valence-corrected chi connectivity index (χ1v) is 8.47. The van der Waals surface area contributed by atoms with Gasteiger partial charge in [-0.1, -0.05) is 29.3 Å². The van der Waals surface area contributed by atoms with E-state index in [0.29, 0.717) is 10.7 Å². The standard InChI is InChI=1S/C19H17ClN2O4/c1-3-26-19(25)16(21-13-7-4-11(2)5-8-13)22-17(23)14-9-6-12(20)10-15(14)18(22)24/h4-10,16,21H,3H2,1-2H3. The number of carbonyl (C=O) groups is 3. The van der Waals surface area contributed by atoms with E-state index < -0.39 is 23.9 Å². The van der Waals surface area contributed by atoms with Gasteiger partial charge in [-0.3, -0.25) is 9.59 Å². The zero-order valence-electron chi connectivity index (χ0n) is 14.3. The summed E-state index contributed by atoms with van der Waals surface area (Å²) in [5.74, 6) is -1.88. The van der Waals surface area contributed by atoms with Crippen LogP contribution in [0.3, 0.4) is 0 Å². The maximum absolute atomic E-state index is 12.8. The maximum atomic E-state index is 12.8. The lowest BCUT2D eigenvalue weighted by Crippen LogP contribution is -2.50. The number of halogens is 1. The van der Waals surface area contributed by atoms with E-state index in [4.69, 9.17) is 16.3 Å². The molecule has 2 aromatic carbocycles. The van der Waals surface area contributed by atoms with Crippen LogP contribution in [0.2, 0.25) is 5.02 Å². The third-order valence-electron chi connectivity index (χ3n) is 4.00. The molecule has 1 heterocycles. The Balaban J connectivity index is 1.97. The molecule has 1 unspecified atom stereocenters. The van der Waals surface area contributed by atoms with Gasteiger partial charge in [-0.2, -0.15) is 0 Å². The Bertz CT molecular complexity index is 880. The molecule has 6 nitrogen and oxygen atoms in total. The molecular weight excluding hydrogens is 356 g/mol. The van der Waals surface area contributed by atoms with Crippen molar-refractivity contribution in [3.05, 3.63) is 64.2 Å². The molecule has 0 aliphatic carbocycles. The molecule has 0 saturated carbocycles. The molecular formula is C19H17ClN2O4. The number of ether oxygens (including phenoxy) is 1. The summed E-state index contributed by atoms with van der Waals surface area (Å²) in [5.41, 5.74) is 2.00. The second-order valence-corrected chi connectivity index (χ2v) is 6.27. The van der Waals surface area contributed by atoms with E-state index in [-0.39, 0.29) is 17.7 Å². The van der Waals surface area contributed by atoms with E-state index in [2.05, 4.69) is 5.32 Å². The molecule has 1 aliphatic rings. The van der Waals surface area contributed by atoms with Crippen LogP contribution in [0.25, 0.3) is 0 Å². The fraction of sp³-hybridized carbons (Fsp3) is 0.211. The van der Waals surface area contributed by atoms with Crippen LogP contribution in [0, 0.1) is 6.92 Å². The smallest absolute Gasteiger partial charge is 0.350 e. The highest BCUT2D eigenvalue weighted by molar-refractivity contribution is 6.32. The van der Waals surface area contributed by atoms with Crippen molar-refractivity contribution < 1.29 is 19.1 Å². The Kier molecular flexibility index (Phi) is 4.95. The number of imide groups is 1. The topological polar surface area (TPSA) is 75.7 Å². The minimum absolute atomic E-state index is 0.125. The molecule has 1 aliphatic heterocycles. The van der Waals surface area contributed by atoms with Gasteiger partial charge in [0.2, 0.25) is 6.17 Å².